The smallest absolute Gasteiger partial charge is 0.154 e. The number of nitrogens with zero attached hydrogens (tertiary/aromatic N) is 3. The van der Waals surface area contributed by atoms with E-state index in [0.29, 0.717) is 15.6 Å². The molecular formula is C18H14ClF2N5S. The van der Waals surface area contributed by atoms with Gasteiger partial charge in [-0.2, -0.15) is 5.11 Å². The first kappa shape index (κ1) is 19.1. The molecule has 0 atom stereocenters. The average molecular weight is 406 g/mol. The first-order valence-corrected chi connectivity index (χ1v) is 9.09. The lowest BCUT2D eigenvalue weighted by Gasteiger charge is -2.09. The van der Waals surface area contributed by atoms with Crippen LogP contribution in [0.3, 0.4) is 0 Å². The zero-order valence-electron chi connectivity index (χ0n) is 13.9. The molecule has 2 aromatic carbocycles. The topological polar surface area (TPSA) is 89.6 Å². The van der Waals surface area contributed by atoms with Gasteiger partial charge in [-0.15, -0.1) is 16.9 Å². The van der Waals surface area contributed by atoms with Crippen molar-refractivity contribution in [2.75, 3.05) is 11.5 Å². The van der Waals surface area contributed by atoms with E-state index in [1.54, 1.807) is 24.3 Å². The molecule has 0 aliphatic carbocycles. The van der Waals surface area contributed by atoms with Crippen molar-refractivity contribution >= 4 is 46.4 Å². The van der Waals surface area contributed by atoms with E-state index < -0.39 is 11.6 Å². The van der Waals surface area contributed by atoms with Crippen LogP contribution in [0.4, 0.5) is 31.8 Å². The Morgan fingerprint density at radius 1 is 1.00 bits per heavy atom. The number of halogens is 3. The summed E-state index contributed by atoms with van der Waals surface area (Å²) in [6, 6.07) is 12.0. The number of benzene rings is 2. The second kappa shape index (κ2) is 8.32. The zero-order valence-corrected chi connectivity index (χ0v) is 15.4. The number of rotatable bonds is 5. The number of aromatic nitrogens is 1. The summed E-state index contributed by atoms with van der Waals surface area (Å²) in [4.78, 5) is 4.48. The van der Waals surface area contributed by atoms with Gasteiger partial charge in [0.1, 0.15) is 23.1 Å². The number of anilines is 2. The average Bonchev–Trinajstić information content (AvgIpc) is 2.62. The highest BCUT2D eigenvalue weighted by molar-refractivity contribution is 7.98. The van der Waals surface area contributed by atoms with Gasteiger partial charge in [0.15, 0.2) is 5.82 Å². The minimum atomic E-state index is -0.623. The van der Waals surface area contributed by atoms with Gasteiger partial charge in [0.2, 0.25) is 0 Å². The predicted octanol–water partition coefficient (Wildman–Crippen LogP) is 5.89. The van der Waals surface area contributed by atoms with Gasteiger partial charge in [-0.05, 0) is 42.5 Å². The monoisotopic (exact) mass is 405 g/mol. The Balaban J connectivity index is 1.89. The van der Waals surface area contributed by atoms with Crippen molar-refractivity contribution in [2.45, 2.75) is 10.6 Å². The molecule has 1 heterocycles. The molecule has 0 aliphatic rings. The molecule has 0 spiro atoms. The molecule has 1 aromatic heterocycles. The summed E-state index contributed by atoms with van der Waals surface area (Å²) in [5, 5.41) is 8.81. The summed E-state index contributed by atoms with van der Waals surface area (Å²) >= 11 is 6.98. The summed E-state index contributed by atoms with van der Waals surface area (Å²) < 4.78 is 27.7. The highest BCUT2D eigenvalue weighted by Gasteiger charge is 2.14. The van der Waals surface area contributed by atoms with Crippen LogP contribution in [0.1, 0.15) is 5.56 Å². The minimum Gasteiger partial charge on any atom is -0.384 e. The molecule has 0 fully saturated rings. The van der Waals surface area contributed by atoms with Crippen LogP contribution in [0.15, 0.2) is 63.7 Å². The van der Waals surface area contributed by atoms with Crippen LogP contribution in [0.25, 0.3) is 0 Å². The van der Waals surface area contributed by atoms with Gasteiger partial charge in [-0.25, -0.2) is 13.8 Å². The lowest BCUT2D eigenvalue weighted by atomic mass is 10.2. The molecule has 5 nitrogen and oxygen atoms in total. The number of azo groups is 1. The van der Waals surface area contributed by atoms with Crippen LogP contribution < -0.4 is 11.5 Å². The van der Waals surface area contributed by atoms with E-state index in [2.05, 4.69) is 15.2 Å². The van der Waals surface area contributed by atoms with Crippen molar-refractivity contribution in [2.24, 2.45) is 10.2 Å². The molecule has 3 rings (SSSR count). The van der Waals surface area contributed by atoms with Crippen molar-refractivity contribution in [3.8, 4) is 0 Å². The SMILES string of the molecule is Nc1cc(SCc2c(F)cccc2F)c(N=Nc2ccc(Cl)cc2)c(N)n1. The number of thioether (sulfide) groups is 1. The zero-order chi connectivity index (χ0) is 19.4. The van der Waals surface area contributed by atoms with Crippen LogP contribution in [-0.2, 0) is 5.75 Å². The second-order valence-electron chi connectivity index (χ2n) is 5.44. The molecule has 0 saturated heterocycles. The van der Waals surface area contributed by atoms with E-state index in [0.717, 1.165) is 11.8 Å². The molecular weight excluding hydrogens is 392 g/mol. The molecule has 4 N–H and O–H groups in total. The van der Waals surface area contributed by atoms with Gasteiger partial charge >= 0.3 is 0 Å². The van der Waals surface area contributed by atoms with Gasteiger partial charge in [0.05, 0.1) is 5.69 Å². The normalized spacial score (nSPS) is 11.2. The Labute approximate surface area is 163 Å². The maximum absolute atomic E-state index is 13.8. The first-order valence-electron chi connectivity index (χ1n) is 7.73. The lowest BCUT2D eigenvalue weighted by Crippen LogP contribution is -1.98. The maximum Gasteiger partial charge on any atom is 0.154 e. The van der Waals surface area contributed by atoms with Crippen LogP contribution >= 0.6 is 23.4 Å². The molecule has 27 heavy (non-hydrogen) atoms. The van der Waals surface area contributed by atoms with Gasteiger partial charge in [0, 0.05) is 21.2 Å². The Bertz CT molecular complexity index is 976. The van der Waals surface area contributed by atoms with Crippen molar-refractivity contribution in [1.29, 1.82) is 0 Å². The van der Waals surface area contributed by atoms with Crippen LogP contribution in [0.5, 0.6) is 0 Å². The fourth-order valence-electron chi connectivity index (χ4n) is 2.20. The second-order valence-corrected chi connectivity index (χ2v) is 6.90. The molecule has 0 unspecified atom stereocenters. The largest absolute Gasteiger partial charge is 0.384 e. The van der Waals surface area contributed by atoms with E-state index in [1.165, 1.54) is 24.3 Å². The Morgan fingerprint density at radius 2 is 1.67 bits per heavy atom. The third kappa shape index (κ3) is 4.72. The minimum absolute atomic E-state index is 0.0326. The van der Waals surface area contributed by atoms with Crippen LogP contribution in [-0.4, -0.2) is 4.98 Å². The predicted molar refractivity (Wildman–Crippen MR) is 105 cm³/mol. The maximum atomic E-state index is 13.8. The van der Waals surface area contributed by atoms with Gasteiger partial charge in [0.25, 0.3) is 0 Å². The van der Waals surface area contributed by atoms with E-state index in [4.69, 9.17) is 23.1 Å². The van der Waals surface area contributed by atoms with Gasteiger partial charge < -0.3 is 11.5 Å². The van der Waals surface area contributed by atoms with Crippen LogP contribution in [0.2, 0.25) is 5.02 Å². The fourth-order valence-corrected chi connectivity index (χ4v) is 3.39. The Hall–Kier alpha value is -2.71. The number of pyridine rings is 1. The molecule has 0 bridgehead atoms. The molecule has 138 valence electrons. The van der Waals surface area contributed by atoms with Crippen LogP contribution in [0, 0.1) is 11.6 Å². The van der Waals surface area contributed by atoms with E-state index >= 15 is 0 Å². The van der Waals surface area contributed by atoms with Crippen molar-refractivity contribution in [3.63, 3.8) is 0 Å². The Morgan fingerprint density at radius 3 is 2.33 bits per heavy atom. The van der Waals surface area contributed by atoms with E-state index in [9.17, 15) is 8.78 Å². The van der Waals surface area contributed by atoms with E-state index in [-0.39, 0.29) is 28.6 Å². The summed E-state index contributed by atoms with van der Waals surface area (Å²) in [6.45, 7) is 0. The number of hydrogen-bond donors (Lipinski definition) is 2. The quantitative estimate of drug-likeness (QED) is 0.409. The molecule has 3 aromatic rings. The Kier molecular flexibility index (Phi) is 5.88. The molecule has 0 amide bonds. The molecule has 0 saturated carbocycles. The summed E-state index contributed by atoms with van der Waals surface area (Å²) in [6.07, 6.45) is 0. The number of hydrogen-bond acceptors (Lipinski definition) is 6. The summed E-state index contributed by atoms with van der Waals surface area (Å²) in [7, 11) is 0. The van der Waals surface area contributed by atoms with Gasteiger partial charge in [-0.1, -0.05) is 17.7 Å². The van der Waals surface area contributed by atoms with Crippen molar-refractivity contribution in [1.82, 2.24) is 4.98 Å². The standard InChI is InChI=1S/C18H14ClF2N5S/c19-10-4-6-11(7-5-10)25-26-17-15(8-16(22)24-18(17)23)27-9-12-13(20)2-1-3-14(12)21/h1-8H,9H2,(H4,22,23,24). The fraction of sp³-hybridized carbons (Fsp3) is 0.0556. The van der Waals surface area contributed by atoms with Crippen molar-refractivity contribution < 1.29 is 8.78 Å². The molecule has 9 heteroatoms. The van der Waals surface area contributed by atoms with Crippen molar-refractivity contribution in [3.05, 3.63) is 70.8 Å². The summed E-state index contributed by atoms with van der Waals surface area (Å²) in [5.74, 6) is -0.965. The van der Waals surface area contributed by atoms with Gasteiger partial charge in [-0.3, -0.25) is 0 Å². The third-order valence-electron chi connectivity index (χ3n) is 3.53. The number of nitrogens with two attached hydrogens (primary N) is 2. The molecule has 0 aliphatic heterocycles. The summed E-state index contributed by atoms with van der Waals surface area (Å²) in [5.41, 5.74) is 12.4. The highest BCUT2D eigenvalue weighted by atomic mass is 35.5. The third-order valence-corrected chi connectivity index (χ3v) is 4.84. The number of nitrogen functional groups attached to an aromatic ring is 2. The van der Waals surface area contributed by atoms with E-state index in [1.807, 2.05) is 0 Å². The lowest BCUT2D eigenvalue weighted by molar-refractivity contribution is 0.566. The first-order chi connectivity index (χ1) is 12.9. The molecule has 0 radical (unpaired) electrons. The highest BCUT2D eigenvalue weighted by Crippen LogP contribution is 2.38.